The minimum absolute atomic E-state index is 0.400. The van der Waals surface area contributed by atoms with Gasteiger partial charge in [0.05, 0.1) is 18.6 Å². The van der Waals surface area contributed by atoms with Crippen LogP contribution in [0.2, 0.25) is 0 Å². The van der Waals surface area contributed by atoms with Crippen LogP contribution in [0.5, 0.6) is 0 Å². The molecule has 0 N–H and O–H groups in total. The van der Waals surface area contributed by atoms with Crippen molar-refractivity contribution in [2.45, 2.75) is 16.5 Å². The molecule has 0 bridgehead atoms. The second-order valence-corrected chi connectivity index (χ2v) is 7.93. The van der Waals surface area contributed by atoms with Crippen LogP contribution < -0.4 is 4.90 Å². The van der Waals surface area contributed by atoms with Gasteiger partial charge >= 0.3 is 0 Å². The molecular formula is C18H14BrN7OS. The number of halogens is 1. The Morgan fingerprint density at radius 3 is 2.89 bits per heavy atom. The summed E-state index contributed by atoms with van der Waals surface area (Å²) in [5.41, 5.74) is 3.72. The van der Waals surface area contributed by atoms with Crippen LogP contribution in [0.1, 0.15) is 5.56 Å². The lowest BCUT2D eigenvalue weighted by Crippen LogP contribution is -2.24. The van der Waals surface area contributed by atoms with Gasteiger partial charge in [-0.05, 0) is 33.6 Å². The Kier molecular flexibility index (Phi) is 4.46. The topological polar surface area (TPSA) is 81.9 Å². The van der Waals surface area contributed by atoms with Gasteiger partial charge in [0, 0.05) is 24.4 Å². The van der Waals surface area contributed by atoms with Crippen LogP contribution in [0.4, 0.5) is 11.5 Å². The Hall–Kier alpha value is -2.56. The van der Waals surface area contributed by atoms with E-state index in [-0.39, 0.29) is 0 Å². The van der Waals surface area contributed by atoms with E-state index in [9.17, 15) is 0 Å². The van der Waals surface area contributed by atoms with Gasteiger partial charge in [-0.1, -0.05) is 17.8 Å². The Bertz CT molecular complexity index is 1180. The van der Waals surface area contributed by atoms with E-state index in [4.69, 9.17) is 4.74 Å². The van der Waals surface area contributed by atoms with E-state index in [0.717, 1.165) is 38.2 Å². The number of nitrogens with zero attached hydrogens (tertiary/aromatic N) is 7. The van der Waals surface area contributed by atoms with E-state index in [1.807, 2.05) is 9.47 Å². The molecule has 140 valence electrons. The van der Waals surface area contributed by atoms with Crippen LogP contribution in [0, 0.1) is 0 Å². The third-order valence-corrected chi connectivity index (χ3v) is 6.02. The highest BCUT2D eigenvalue weighted by molar-refractivity contribution is 9.10. The van der Waals surface area contributed by atoms with Gasteiger partial charge < -0.3 is 9.30 Å². The molecule has 1 aromatic carbocycles. The maximum atomic E-state index is 5.42. The number of aromatic nitrogens is 6. The molecule has 0 radical (unpaired) electrons. The molecule has 0 fully saturated rings. The first-order chi connectivity index (χ1) is 13.7. The number of ether oxygens (including phenoxy) is 1. The maximum absolute atomic E-state index is 5.42. The first-order valence-electron chi connectivity index (χ1n) is 8.44. The SMILES string of the molecule is COCN1c2cc(Cn3cnc4c(Br)ncnc43)ccc2Sc2nccnc21. The van der Waals surface area contributed by atoms with Crippen molar-refractivity contribution >= 4 is 50.4 Å². The number of benzene rings is 1. The van der Waals surface area contributed by atoms with Crippen molar-refractivity contribution in [3.05, 3.63) is 53.4 Å². The molecule has 0 saturated heterocycles. The summed E-state index contributed by atoms with van der Waals surface area (Å²) in [6.45, 7) is 1.04. The minimum atomic E-state index is 0.400. The number of imidazole rings is 1. The first kappa shape index (κ1) is 17.5. The summed E-state index contributed by atoms with van der Waals surface area (Å²) in [7, 11) is 1.68. The Balaban J connectivity index is 1.54. The van der Waals surface area contributed by atoms with E-state index in [0.29, 0.717) is 17.9 Å². The molecule has 1 aliphatic heterocycles. The van der Waals surface area contributed by atoms with Crippen molar-refractivity contribution in [2.75, 3.05) is 18.7 Å². The average Bonchev–Trinajstić information content (AvgIpc) is 3.12. The molecule has 4 aromatic rings. The summed E-state index contributed by atoms with van der Waals surface area (Å²) in [4.78, 5) is 25.0. The highest BCUT2D eigenvalue weighted by atomic mass is 79.9. The van der Waals surface area contributed by atoms with E-state index in [2.05, 4.69) is 59.0 Å². The Morgan fingerprint density at radius 2 is 2.00 bits per heavy atom. The normalized spacial score (nSPS) is 12.9. The van der Waals surface area contributed by atoms with Gasteiger partial charge in [0.25, 0.3) is 0 Å². The molecule has 8 nitrogen and oxygen atoms in total. The van der Waals surface area contributed by atoms with E-state index in [1.165, 1.54) is 6.33 Å². The van der Waals surface area contributed by atoms with Crippen LogP contribution in [0.3, 0.4) is 0 Å². The highest BCUT2D eigenvalue weighted by Gasteiger charge is 2.25. The summed E-state index contributed by atoms with van der Waals surface area (Å²) in [6, 6.07) is 6.38. The molecule has 10 heteroatoms. The lowest BCUT2D eigenvalue weighted by atomic mass is 10.2. The molecule has 1 aliphatic rings. The van der Waals surface area contributed by atoms with Gasteiger partial charge in [-0.2, -0.15) is 0 Å². The van der Waals surface area contributed by atoms with Crippen LogP contribution >= 0.6 is 27.7 Å². The number of fused-ring (bicyclic) bond motifs is 3. The summed E-state index contributed by atoms with van der Waals surface area (Å²) < 4.78 is 8.12. The summed E-state index contributed by atoms with van der Waals surface area (Å²) in [5, 5.41) is 0.877. The van der Waals surface area contributed by atoms with Crippen LogP contribution in [0.15, 0.2) is 57.8 Å². The fourth-order valence-corrected chi connectivity index (χ4v) is 4.53. The third kappa shape index (κ3) is 2.93. The molecule has 0 aliphatic carbocycles. The van der Waals surface area contributed by atoms with Crippen molar-refractivity contribution in [1.82, 2.24) is 29.5 Å². The van der Waals surface area contributed by atoms with Crippen LogP contribution in [-0.4, -0.2) is 43.3 Å². The quantitative estimate of drug-likeness (QED) is 0.431. The molecule has 3 aromatic heterocycles. The minimum Gasteiger partial charge on any atom is -0.364 e. The number of anilines is 2. The first-order valence-corrected chi connectivity index (χ1v) is 10.0. The van der Waals surface area contributed by atoms with Crippen LogP contribution in [0.25, 0.3) is 11.2 Å². The molecule has 0 saturated carbocycles. The standard InChI is InChI=1S/C18H14BrN7OS/c1-27-10-26-12-6-11(2-3-13(12)28-18-17(26)20-4-5-21-18)7-25-9-24-14-15(19)22-8-23-16(14)25/h2-6,8-9H,7,10H2,1H3. The van der Waals surface area contributed by atoms with E-state index >= 15 is 0 Å². The zero-order chi connectivity index (χ0) is 19.1. The second-order valence-electron chi connectivity index (χ2n) is 6.14. The average molecular weight is 456 g/mol. The summed E-state index contributed by atoms with van der Waals surface area (Å²) in [6.07, 6.45) is 6.72. The Labute approximate surface area is 173 Å². The predicted molar refractivity (Wildman–Crippen MR) is 109 cm³/mol. The van der Waals surface area contributed by atoms with Gasteiger partial charge in [0.1, 0.15) is 28.2 Å². The van der Waals surface area contributed by atoms with Gasteiger partial charge in [-0.15, -0.1) is 0 Å². The molecule has 0 unspecified atom stereocenters. The molecule has 5 rings (SSSR count). The number of methoxy groups -OCH3 is 1. The third-order valence-electron chi connectivity index (χ3n) is 4.39. The van der Waals surface area contributed by atoms with Gasteiger partial charge in [0.15, 0.2) is 11.5 Å². The zero-order valence-corrected chi connectivity index (χ0v) is 17.2. The molecule has 0 spiro atoms. The van der Waals surface area contributed by atoms with Gasteiger partial charge in [-0.25, -0.2) is 24.9 Å². The van der Waals surface area contributed by atoms with Gasteiger partial charge in [0.2, 0.25) is 0 Å². The number of hydrogen-bond acceptors (Lipinski definition) is 8. The smallest absolute Gasteiger partial charge is 0.168 e. The molecule has 28 heavy (non-hydrogen) atoms. The van der Waals surface area contributed by atoms with Gasteiger partial charge in [-0.3, -0.25) is 4.90 Å². The molecule has 0 atom stereocenters. The highest BCUT2D eigenvalue weighted by Crippen LogP contribution is 2.46. The monoisotopic (exact) mass is 455 g/mol. The van der Waals surface area contributed by atoms with Crippen molar-refractivity contribution in [1.29, 1.82) is 0 Å². The molecule has 0 amide bonds. The molecular weight excluding hydrogens is 442 g/mol. The lowest BCUT2D eigenvalue weighted by molar-refractivity contribution is 0.204. The zero-order valence-electron chi connectivity index (χ0n) is 14.8. The van der Waals surface area contributed by atoms with Crippen molar-refractivity contribution < 1.29 is 4.74 Å². The second kappa shape index (κ2) is 7.12. The van der Waals surface area contributed by atoms with E-state index in [1.54, 1.807) is 37.6 Å². The Morgan fingerprint density at radius 1 is 1.11 bits per heavy atom. The maximum Gasteiger partial charge on any atom is 0.168 e. The fraction of sp³-hybridized carbons (Fsp3) is 0.167. The summed E-state index contributed by atoms with van der Waals surface area (Å²) in [5.74, 6) is 0.809. The largest absolute Gasteiger partial charge is 0.364 e. The lowest BCUT2D eigenvalue weighted by Gasteiger charge is -2.30. The van der Waals surface area contributed by atoms with Crippen molar-refractivity contribution in [2.24, 2.45) is 0 Å². The van der Waals surface area contributed by atoms with Crippen LogP contribution in [-0.2, 0) is 11.3 Å². The number of rotatable bonds is 4. The fourth-order valence-electron chi connectivity index (χ4n) is 3.18. The van der Waals surface area contributed by atoms with Crippen molar-refractivity contribution in [3.8, 4) is 0 Å². The van der Waals surface area contributed by atoms with Crippen molar-refractivity contribution in [3.63, 3.8) is 0 Å². The van der Waals surface area contributed by atoms with E-state index < -0.39 is 0 Å². The summed E-state index contributed by atoms with van der Waals surface area (Å²) >= 11 is 5.04. The molecule has 4 heterocycles. The number of hydrogen-bond donors (Lipinski definition) is 0. The predicted octanol–water partition coefficient (Wildman–Crippen LogP) is 3.63.